The van der Waals surface area contributed by atoms with Crippen LogP contribution in [0.1, 0.15) is 20.8 Å². The zero-order valence-electron chi connectivity index (χ0n) is 9.70. The van der Waals surface area contributed by atoms with E-state index in [1.165, 1.54) is 23.0 Å². The maximum atomic E-state index is 6.73. The summed E-state index contributed by atoms with van der Waals surface area (Å²) in [6.07, 6.45) is 3.90. The Bertz CT molecular complexity index is 277. The van der Waals surface area contributed by atoms with Crippen molar-refractivity contribution in [3.63, 3.8) is 0 Å². The molecule has 0 N–H and O–H groups in total. The first-order valence-corrected chi connectivity index (χ1v) is 11.3. The topological polar surface area (TPSA) is 0 Å². The molecule has 0 saturated carbocycles. The fourth-order valence-corrected chi connectivity index (χ4v) is 13.2. The van der Waals surface area contributed by atoms with Crippen molar-refractivity contribution < 1.29 is 12.1 Å². The molecule has 0 aliphatic carbocycles. The van der Waals surface area contributed by atoms with E-state index >= 15 is 0 Å². The number of hydrogen-bond acceptors (Lipinski definition) is 0. The number of halogens is 1. The van der Waals surface area contributed by atoms with Crippen LogP contribution in [0.4, 0.5) is 0 Å². The van der Waals surface area contributed by atoms with Crippen molar-refractivity contribution in [2.75, 3.05) is 18.5 Å². The van der Waals surface area contributed by atoms with Crippen LogP contribution in [-0.2, 0) is 12.1 Å². The second-order valence-electron chi connectivity index (χ2n) is 3.60. The van der Waals surface area contributed by atoms with Crippen molar-refractivity contribution in [2.24, 2.45) is 0 Å². The Morgan fingerprint density at radius 2 is 1.47 bits per heavy atom. The summed E-state index contributed by atoms with van der Waals surface area (Å²) in [5, 5.41) is 0. The summed E-state index contributed by atoms with van der Waals surface area (Å²) in [6, 6.07) is 9.38. The van der Waals surface area contributed by atoms with E-state index in [-0.39, 0.29) is 12.1 Å². The van der Waals surface area contributed by atoms with Gasteiger partial charge in [-0.1, -0.05) is 0 Å². The van der Waals surface area contributed by atoms with Crippen molar-refractivity contribution in [3.8, 4) is 0 Å². The summed E-state index contributed by atoms with van der Waals surface area (Å²) in [5.41, 5.74) is 0. The Morgan fingerprint density at radius 1 is 1.00 bits per heavy atom. The quantitative estimate of drug-likeness (QED) is 0.571. The predicted molar refractivity (Wildman–Crippen MR) is 71.9 cm³/mol. The molecule has 0 amide bonds. The van der Waals surface area contributed by atoms with E-state index in [1.54, 1.807) is 0 Å². The summed E-state index contributed by atoms with van der Waals surface area (Å²) in [7, 11) is 6.73. The second-order valence-corrected chi connectivity index (χ2v) is 15.3. The van der Waals surface area contributed by atoms with Gasteiger partial charge in [0, 0.05) is 0 Å². The summed E-state index contributed by atoms with van der Waals surface area (Å²) in [4.78, 5) is 0. The molecular weight excluding hydrogens is 269 g/mol. The standard InChI is InChI=1S/C6H15P.C6H5.ClH.Ni/c1-4-7(5-2)6-3;1-2-4-6-5-3-1;;/h4-6H2,1-3H3;1-5H;1H;. The fraction of sp³-hybridized carbons (Fsp3) is 0.500. The van der Waals surface area contributed by atoms with E-state index in [4.69, 9.17) is 10.2 Å². The molecule has 0 unspecified atom stereocenters. The molecule has 0 fully saturated rings. The van der Waals surface area contributed by atoms with Gasteiger partial charge in [0.15, 0.2) is 0 Å². The molecule has 3 heteroatoms. The molecule has 0 aromatic heterocycles. The molecule has 15 heavy (non-hydrogen) atoms. The Labute approximate surface area is 102 Å². The van der Waals surface area contributed by atoms with Gasteiger partial charge in [0.2, 0.25) is 0 Å². The number of benzene rings is 1. The third-order valence-corrected chi connectivity index (χ3v) is 18.5. The minimum atomic E-state index is -1.25. The molecule has 0 aliphatic rings. The molecule has 91 valence electrons. The molecule has 0 heterocycles. The molecule has 0 bridgehead atoms. The van der Waals surface area contributed by atoms with E-state index in [1.807, 2.05) is 0 Å². The molecule has 0 saturated heterocycles. The number of rotatable bonds is 5. The van der Waals surface area contributed by atoms with Crippen molar-refractivity contribution in [1.82, 2.24) is 0 Å². The van der Waals surface area contributed by atoms with Gasteiger partial charge in [0.25, 0.3) is 0 Å². The SMILES string of the molecule is CC[PH](CC)(CC)[Ni]([Cl])[c]1ccccc1. The summed E-state index contributed by atoms with van der Waals surface area (Å²) in [5.74, 6) is 0. The molecule has 0 radical (unpaired) electrons. The van der Waals surface area contributed by atoms with Crippen LogP contribution < -0.4 is 4.53 Å². The Hall–Kier alpha value is 0.434. The predicted octanol–water partition coefficient (Wildman–Crippen LogP) is 3.81. The van der Waals surface area contributed by atoms with Gasteiger partial charge in [0.05, 0.1) is 0 Å². The van der Waals surface area contributed by atoms with E-state index in [0.717, 1.165) is 0 Å². The van der Waals surface area contributed by atoms with Gasteiger partial charge < -0.3 is 0 Å². The summed E-state index contributed by atoms with van der Waals surface area (Å²) >= 11 is -0.166. The van der Waals surface area contributed by atoms with Crippen LogP contribution in [0.15, 0.2) is 30.3 Å². The molecule has 0 aliphatic heterocycles. The van der Waals surface area contributed by atoms with Gasteiger partial charge in [0.1, 0.15) is 0 Å². The third-order valence-electron chi connectivity index (χ3n) is 3.00. The zero-order chi connectivity index (χ0) is 11.3. The monoisotopic (exact) mass is 289 g/mol. The first-order chi connectivity index (χ1) is 7.20. The van der Waals surface area contributed by atoms with E-state index in [0.29, 0.717) is 0 Å². The Balaban J connectivity index is 2.95. The molecule has 1 rings (SSSR count). The van der Waals surface area contributed by atoms with Crippen LogP contribution in [0, 0.1) is 0 Å². The minimum absolute atomic E-state index is 0.166. The summed E-state index contributed by atoms with van der Waals surface area (Å²) in [6.45, 7) is 6.94. The van der Waals surface area contributed by atoms with Crippen LogP contribution in [0.5, 0.6) is 0 Å². The second kappa shape index (κ2) is 6.24. The Kier molecular flexibility index (Phi) is 5.61. The van der Waals surface area contributed by atoms with E-state index in [9.17, 15) is 0 Å². The molecule has 0 nitrogen and oxygen atoms in total. The third kappa shape index (κ3) is 2.96. The normalized spacial score (nSPS) is 13.7. The summed E-state index contributed by atoms with van der Waals surface area (Å²) < 4.78 is 1.36. The van der Waals surface area contributed by atoms with Crippen molar-refractivity contribution >= 4 is 20.8 Å². The van der Waals surface area contributed by atoms with Crippen LogP contribution in [0.3, 0.4) is 0 Å². The zero-order valence-corrected chi connectivity index (χ0v) is 12.4. The van der Waals surface area contributed by atoms with Gasteiger partial charge in [-0.2, -0.15) is 0 Å². The van der Waals surface area contributed by atoms with Gasteiger partial charge >= 0.3 is 102 Å². The van der Waals surface area contributed by atoms with Gasteiger partial charge in [-0.15, -0.1) is 0 Å². The van der Waals surface area contributed by atoms with Crippen LogP contribution in [-0.4, -0.2) is 18.5 Å². The van der Waals surface area contributed by atoms with Gasteiger partial charge in [-0.25, -0.2) is 0 Å². The van der Waals surface area contributed by atoms with Crippen LogP contribution >= 0.6 is 16.2 Å². The fourth-order valence-electron chi connectivity index (χ4n) is 1.73. The van der Waals surface area contributed by atoms with Gasteiger partial charge in [-0.05, 0) is 0 Å². The average Bonchev–Trinajstić information content (AvgIpc) is 2.33. The van der Waals surface area contributed by atoms with Gasteiger partial charge in [-0.3, -0.25) is 0 Å². The van der Waals surface area contributed by atoms with E-state index in [2.05, 4.69) is 51.1 Å². The maximum absolute atomic E-state index is 6.73. The average molecular weight is 290 g/mol. The number of hydrogen-bond donors (Lipinski definition) is 0. The van der Waals surface area contributed by atoms with Crippen LogP contribution in [0.25, 0.3) is 0 Å². The molecule has 1 aromatic carbocycles. The molecular formula is C12H21ClNiP. The van der Waals surface area contributed by atoms with Crippen LogP contribution in [0.2, 0.25) is 0 Å². The molecule has 0 spiro atoms. The molecule has 1 aromatic rings. The Morgan fingerprint density at radius 3 is 1.87 bits per heavy atom. The van der Waals surface area contributed by atoms with Crippen molar-refractivity contribution in [1.29, 1.82) is 0 Å². The van der Waals surface area contributed by atoms with Crippen molar-refractivity contribution in [3.05, 3.63) is 30.3 Å². The first-order valence-electron chi connectivity index (χ1n) is 5.53. The molecule has 0 atom stereocenters. The van der Waals surface area contributed by atoms with Crippen molar-refractivity contribution in [2.45, 2.75) is 20.8 Å². The van der Waals surface area contributed by atoms with E-state index < -0.39 is 6.04 Å². The first kappa shape index (κ1) is 13.5.